The van der Waals surface area contributed by atoms with Gasteiger partial charge in [-0.1, -0.05) is 94.4 Å². The number of carbonyl (C=O) groups excluding carboxylic acids is 2. The van der Waals surface area contributed by atoms with Crippen LogP contribution >= 0.6 is 7.82 Å². The Labute approximate surface area is 253 Å². The number of phosphoric acid groups is 1. The van der Waals surface area contributed by atoms with Gasteiger partial charge in [0.15, 0.2) is 0 Å². The number of phosphoric ester groups is 1. The fourth-order valence-corrected chi connectivity index (χ4v) is 4.62. The van der Waals surface area contributed by atoms with Crippen LogP contribution in [0.4, 0.5) is 0 Å². The molecule has 0 atom stereocenters. The Morgan fingerprint density at radius 1 is 0.512 bits per heavy atom. The summed E-state index contributed by atoms with van der Waals surface area (Å²) in [6.45, 7) is 8.47. The summed E-state index contributed by atoms with van der Waals surface area (Å²) in [5.74, 6) is 0.734. The SMILES string of the molecule is CC(C)COC(=O)c1ccccc1C(=O)OCC(C)C.O=P(Oc1ccccc1)(Oc1ccccc1)Oc1ccccc1. The largest absolute Gasteiger partial charge is 0.647 e. The molecule has 9 heteroatoms. The van der Waals surface area contributed by atoms with Gasteiger partial charge in [0.1, 0.15) is 17.2 Å². The van der Waals surface area contributed by atoms with Crippen LogP contribution in [0.3, 0.4) is 0 Å². The average Bonchev–Trinajstić information content (AvgIpc) is 3.00. The third-order valence-electron chi connectivity index (χ3n) is 5.34. The molecular formula is C34H37O8P. The van der Waals surface area contributed by atoms with Crippen molar-refractivity contribution in [2.45, 2.75) is 27.7 Å². The summed E-state index contributed by atoms with van der Waals surface area (Å²) in [4.78, 5) is 24.0. The maximum absolute atomic E-state index is 13.1. The van der Waals surface area contributed by atoms with E-state index in [4.69, 9.17) is 23.0 Å². The Kier molecular flexibility index (Phi) is 12.9. The third kappa shape index (κ3) is 11.7. The van der Waals surface area contributed by atoms with Gasteiger partial charge in [0, 0.05) is 0 Å². The van der Waals surface area contributed by atoms with E-state index in [0.717, 1.165) is 0 Å². The highest BCUT2D eigenvalue weighted by Crippen LogP contribution is 2.49. The van der Waals surface area contributed by atoms with Crippen LogP contribution in [0.25, 0.3) is 0 Å². The van der Waals surface area contributed by atoms with Crippen LogP contribution in [-0.2, 0) is 14.0 Å². The molecule has 43 heavy (non-hydrogen) atoms. The Balaban J connectivity index is 0.000000238. The molecule has 226 valence electrons. The molecule has 0 N–H and O–H groups in total. The smallest absolute Gasteiger partial charge is 0.462 e. The zero-order valence-electron chi connectivity index (χ0n) is 24.8. The molecule has 0 aliphatic heterocycles. The van der Waals surface area contributed by atoms with E-state index in [0.29, 0.717) is 30.5 Å². The van der Waals surface area contributed by atoms with Gasteiger partial charge >= 0.3 is 19.8 Å². The van der Waals surface area contributed by atoms with Crippen molar-refractivity contribution in [1.29, 1.82) is 0 Å². The van der Waals surface area contributed by atoms with Crippen LogP contribution in [0.1, 0.15) is 48.4 Å². The van der Waals surface area contributed by atoms with Crippen molar-refractivity contribution in [2.75, 3.05) is 13.2 Å². The van der Waals surface area contributed by atoms with Gasteiger partial charge in [0.2, 0.25) is 0 Å². The molecule has 0 amide bonds. The molecule has 0 aliphatic carbocycles. The normalized spacial score (nSPS) is 10.7. The number of rotatable bonds is 12. The van der Waals surface area contributed by atoms with Crippen molar-refractivity contribution in [3.05, 3.63) is 126 Å². The van der Waals surface area contributed by atoms with Gasteiger partial charge < -0.3 is 23.0 Å². The van der Waals surface area contributed by atoms with Crippen molar-refractivity contribution >= 4 is 19.8 Å². The van der Waals surface area contributed by atoms with E-state index >= 15 is 0 Å². The van der Waals surface area contributed by atoms with Crippen LogP contribution in [0.5, 0.6) is 17.2 Å². The Bertz CT molecular complexity index is 1310. The van der Waals surface area contributed by atoms with E-state index < -0.39 is 19.8 Å². The molecule has 0 bridgehead atoms. The quantitative estimate of drug-likeness (QED) is 0.117. The molecule has 0 unspecified atom stereocenters. The van der Waals surface area contributed by atoms with Crippen LogP contribution in [0, 0.1) is 11.8 Å². The molecule has 0 aliphatic rings. The van der Waals surface area contributed by atoms with Crippen LogP contribution in [0.15, 0.2) is 115 Å². The summed E-state index contributed by atoms with van der Waals surface area (Å²) < 4.78 is 39.9. The van der Waals surface area contributed by atoms with Gasteiger partial charge in [0.05, 0.1) is 24.3 Å². The highest BCUT2D eigenvalue weighted by Gasteiger charge is 2.33. The first kappa shape index (κ1) is 33.0. The van der Waals surface area contributed by atoms with E-state index in [9.17, 15) is 14.2 Å². The van der Waals surface area contributed by atoms with Crippen LogP contribution in [0.2, 0.25) is 0 Å². The van der Waals surface area contributed by atoms with E-state index in [1.807, 2.05) is 45.9 Å². The summed E-state index contributed by atoms with van der Waals surface area (Å²) in [5, 5.41) is 0. The summed E-state index contributed by atoms with van der Waals surface area (Å²) in [7, 11) is -3.89. The molecule has 0 fully saturated rings. The van der Waals surface area contributed by atoms with Crippen molar-refractivity contribution in [3.8, 4) is 17.2 Å². The molecule has 8 nitrogen and oxygen atoms in total. The summed E-state index contributed by atoms with van der Waals surface area (Å²) in [6.07, 6.45) is 0. The molecule has 0 heterocycles. The van der Waals surface area contributed by atoms with E-state index in [1.165, 1.54) is 0 Å². The zero-order chi connectivity index (χ0) is 31.1. The fourth-order valence-electron chi connectivity index (χ4n) is 3.37. The van der Waals surface area contributed by atoms with Crippen molar-refractivity contribution in [3.63, 3.8) is 0 Å². The van der Waals surface area contributed by atoms with E-state index in [-0.39, 0.29) is 23.0 Å². The number of ether oxygens (including phenoxy) is 2. The first-order valence-corrected chi connectivity index (χ1v) is 15.4. The number of benzene rings is 4. The predicted octanol–water partition coefficient (Wildman–Crippen LogP) is 8.64. The fraction of sp³-hybridized carbons (Fsp3) is 0.235. The van der Waals surface area contributed by atoms with Gasteiger partial charge in [-0.05, 0) is 60.4 Å². The maximum atomic E-state index is 13.1. The average molecular weight is 605 g/mol. The van der Waals surface area contributed by atoms with Crippen molar-refractivity contribution in [2.24, 2.45) is 11.8 Å². The Morgan fingerprint density at radius 3 is 1.07 bits per heavy atom. The lowest BCUT2D eigenvalue weighted by molar-refractivity contribution is 0.0412. The minimum absolute atomic E-state index is 0.249. The van der Waals surface area contributed by atoms with Gasteiger partial charge in [-0.2, -0.15) is 4.57 Å². The lowest BCUT2D eigenvalue weighted by Gasteiger charge is -2.19. The van der Waals surface area contributed by atoms with E-state index in [1.54, 1.807) is 97.1 Å². The molecule has 4 rings (SSSR count). The van der Waals surface area contributed by atoms with Gasteiger partial charge in [-0.25, -0.2) is 9.59 Å². The molecule has 4 aromatic carbocycles. The predicted molar refractivity (Wildman–Crippen MR) is 165 cm³/mol. The molecule has 0 aromatic heterocycles. The van der Waals surface area contributed by atoms with Crippen LogP contribution in [-0.4, -0.2) is 25.2 Å². The van der Waals surface area contributed by atoms with Crippen molar-refractivity contribution in [1.82, 2.24) is 0 Å². The van der Waals surface area contributed by atoms with Gasteiger partial charge in [0.25, 0.3) is 0 Å². The Hall–Kier alpha value is -4.55. The molecule has 0 saturated carbocycles. The summed E-state index contributed by atoms with van der Waals surface area (Å²) in [5.41, 5.74) is 0.504. The van der Waals surface area contributed by atoms with Gasteiger partial charge in [-0.3, -0.25) is 0 Å². The standard InChI is InChI=1S/C18H15O4P.C16H22O4/c19-23(20-16-10-4-1-5-11-16,21-17-12-6-2-7-13-17)22-18-14-8-3-9-15-18;1-11(2)9-19-15(17)13-7-5-6-8-14(13)16(18)20-10-12(3)4/h1-15H;5-8,11-12H,9-10H2,1-4H3. The Morgan fingerprint density at radius 2 is 0.791 bits per heavy atom. The molecule has 0 saturated heterocycles. The second-order valence-electron chi connectivity index (χ2n) is 10.2. The summed E-state index contributed by atoms with van der Waals surface area (Å²) in [6, 6.07) is 32.9. The summed E-state index contributed by atoms with van der Waals surface area (Å²) >= 11 is 0. The number of esters is 2. The maximum Gasteiger partial charge on any atom is 0.647 e. The monoisotopic (exact) mass is 604 g/mol. The number of carbonyl (C=O) groups is 2. The first-order chi connectivity index (χ1) is 20.6. The number of para-hydroxylation sites is 3. The number of hydrogen-bond acceptors (Lipinski definition) is 8. The minimum Gasteiger partial charge on any atom is -0.462 e. The lowest BCUT2D eigenvalue weighted by Crippen LogP contribution is -2.17. The topological polar surface area (TPSA) is 97.4 Å². The second-order valence-corrected chi connectivity index (χ2v) is 11.6. The van der Waals surface area contributed by atoms with Crippen LogP contribution < -0.4 is 13.6 Å². The third-order valence-corrected chi connectivity index (χ3v) is 6.65. The number of hydrogen-bond donors (Lipinski definition) is 0. The highest BCUT2D eigenvalue weighted by molar-refractivity contribution is 7.49. The zero-order valence-corrected chi connectivity index (χ0v) is 25.6. The lowest BCUT2D eigenvalue weighted by atomic mass is 10.1. The molecular weight excluding hydrogens is 567 g/mol. The minimum atomic E-state index is -3.89. The molecule has 0 spiro atoms. The molecule has 0 radical (unpaired) electrons. The van der Waals surface area contributed by atoms with Gasteiger partial charge in [-0.15, -0.1) is 0 Å². The first-order valence-electron chi connectivity index (χ1n) is 13.9. The van der Waals surface area contributed by atoms with Crippen molar-refractivity contribution < 1.29 is 37.2 Å². The van der Waals surface area contributed by atoms with E-state index in [2.05, 4.69) is 0 Å². The highest BCUT2D eigenvalue weighted by atomic mass is 31.2. The molecule has 4 aromatic rings. The second kappa shape index (κ2) is 16.8.